The van der Waals surface area contributed by atoms with Gasteiger partial charge in [0.15, 0.2) is 0 Å². The van der Waals surface area contributed by atoms with Crippen LogP contribution < -0.4 is 14.7 Å². The normalized spacial score (nSPS) is 18.6. The molecule has 0 radical (unpaired) electrons. The third kappa shape index (κ3) is 4.18. The lowest BCUT2D eigenvalue weighted by Gasteiger charge is -2.32. The molecule has 1 aromatic carbocycles. The van der Waals surface area contributed by atoms with Crippen LogP contribution in [0.4, 0.5) is 11.6 Å². The van der Waals surface area contributed by atoms with Crippen LogP contribution in [0.5, 0.6) is 0 Å². The van der Waals surface area contributed by atoms with E-state index in [1.807, 2.05) is 6.07 Å². The van der Waals surface area contributed by atoms with Crippen LogP contribution in [0.25, 0.3) is 0 Å². The van der Waals surface area contributed by atoms with Gasteiger partial charge in [-0.15, -0.1) is 4.40 Å². The van der Waals surface area contributed by atoms with Crippen molar-refractivity contribution in [2.75, 3.05) is 22.8 Å². The van der Waals surface area contributed by atoms with Crippen LogP contribution in [0.15, 0.2) is 27.0 Å². The summed E-state index contributed by atoms with van der Waals surface area (Å²) >= 11 is 0. The number of benzene rings is 1. The van der Waals surface area contributed by atoms with Crippen molar-refractivity contribution in [2.45, 2.75) is 57.4 Å². The number of nitrogens with one attached hydrogen (secondary N) is 1. The van der Waals surface area contributed by atoms with Crippen molar-refractivity contribution >= 4 is 27.8 Å². The van der Waals surface area contributed by atoms with Crippen molar-refractivity contribution in [1.29, 1.82) is 5.26 Å². The average Bonchev–Trinajstić information content (AvgIpc) is 3.54. The summed E-state index contributed by atoms with van der Waals surface area (Å²) in [7, 11) is -4.43. The Labute approximate surface area is 192 Å². The highest BCUT2D eigenvalue weighted by molar-refractivity contribution is 7.91. The Kier molecular flexibility index (Phi) is 5.76. The number of ether oxygens (including phenoxy) is 1. The molecule has 174 valence electrons. The molecule has 3 aliphatic rings. The molecule has 1 aromatic heterocycles. The van der Waals surface area contributed by atoms with Gasteiger partial charge in [0, 0.05) is 25.0 Å². The first-order valence-electron chi connectivity index (χ1n) is 11.3. The molecule has 9 nitrogen and oxygen atoms in total. The number of nitrogens with zero attached hydrogens (tertiary/aromatic N) is 3. The van der Waals surface area contributed by atoms with E-state index in [-0.39, 0.29) is 11.6 Å². The van der Waals surface area contributed by atoms with Crippen molar-refractivity contribution in [2.24, 2.45) is 4.40 Å². The van der Waals surface area contributed by atoms with Gasteiger partial charge in [0.25, 0.3) is 0 Å². The Morgan fingerprint density at radius 3 is 2.39 bits per heavy atom. The number of anilines is 2. The maximum absolute atomic E-state index is 13.3. The average molecular weight is 470 g/mol. The minimum Gasteiger partial charge on any atom is -0.845 e. The molecule has 0 saturated carbocycles. The van der Waals surface area contributed by atoms with Gasteiger partial charge in [0.05, 0.1) is 12.1 Å². The molecule has 0 spiro atoms. The SMILES string of the molecule is N#Cc1ccc(N(C2CCOCC2)S(=O)(=O)/N=C(\[O-])Nc2c3c(cc4c2CCC4)CCC3)o1. The van der Waals surface area contributed by atoms with Crippen LogP contribution >= 0.6 is 0 Å². The summed E-state index contributed by atoms with van der Waals surface area (Å²) in [5.74, 6) is -0.0476. The second-order valence-corrected chi connectivity index (χ2v) is 10.1. The summed E-state index contributed by atoms with van der Waals surface area (Å²) in [4.78, 5) is 0. The molecular formula is C23H25N4O5S-. The maximum atomic E-state index is 13.3. The minimum atomic E-state index is -4.43. The molecule has 0 unspecified atom stereocenters. The zero-order chi connectivity index (χ0) is 23.0. The predicted octanol–water partition coefficient (Wildman–Crippen LogP) is 2.19. The van der Waals surface area contributed by atoms with Gasteiger partial charge < -0.3 is 19.6 Å². The summed E-state index contributed by atoms with van der Waals surface area (Å²) in [5, 5.41) is 24.8. The Bertz CT molecular complexity index is 1210. The van der Waals surface area contributed by atoms with Crippen LogP contribution in [0.3, 0.4) is 0 Å². The molecule has 2 aromatic rings. The largest absolute Gasteiger partial charge is 0.845 e. The van der Waals surface area contributed by atoms with Gasteiger partial charge in [-0.05, 0) is 79.7 Å². The van der Waals surface area contributed by atoms with Crippen LogP contribution in [0, 0.1) is 11.3 Å². The quantitative estimate of drug-likeness (QED) is 0.524. The monoisotopic (exact) mass is 469 g/mol. The zero-order valence-corrected chi connectivity index (χ0v) is 19.0. The Morgan fingerprint density at radius 1 is 1.12 bits per heavy atom. The number of nitriles is 1. The number of hydrogen-bond donors (Lipinski definition) is 1. The van der Waals surface area contributed by atoms with Crippen LogP contribution in [-0.2, 0) is 40.6 Å². The van der Waals surface area contributed by atoms with Crippen molar-refractivity contribution in [1.82, 2.24) is 0 Å². The molecule has 0 amide bonds. The van der Waals surface area contributed by atoms with Gasteiger partial charge in [-0.2, -0.15) is 13.7 Å². The molecule has 0 atom stereocenters. The molecule has 33 heavy (non-hydrogen) atoms. The third-order valence-electron chi connectivity index (χ3n) is 6.59. The minimum absolute atomic E-state index is 0.0166. The Morgan fingerprint density at radius 2 is 1.79 bits per heavy atom. The molecule has 10 heteroatoms. The smallest absolute Gasteiger partial charge is 0.348 e. The van der Waals surface area contributed by atoms with Gasteiger partial charge in [-0.25, -0.2) is 4.31 Å². The molecule has 2 heterocycles. The van der Waals surface area contributed by atoms with E-state index in [9.17, 15) is 13.5 Å². The van der Waals surface area contributed by atoms with Gasteiger partial charge >= 0.3 is 10.2 Å². The zero-order valence-electron chi connectivity index (χ0n) is 18.2. The number of aryl methyl sites for hydroxylation is 2. The van der Waals surface area contributed by atoms with Gasteiger partial charge in [0.2, 0.25) is 11.6 Å². The van der Waals surface area contributed by atoms with Crippen LogP contribution in [0.1, 0.15) is 53.7 Å². The van der Waals surface area contributed by atoms with E-state index < -0.39 is 22.3 Å². The van der Waals surface area contributed by atoms with Crippen molar-refractivity contribution < 1.29 is 22.7 Å². The third-order valence-corrected chi connectivity index (χ3v) is 7.97. The topological polar surface area (TPSA) is 131 Å². The van der Waals surface area contributed by atoms with Crippen molar-refractivity contribution in [3.63, 3.8) is 0 Å². The fourth-order valence-corrected chi connectivity index (χ4v) is 6.41. The van der Waals surface area contributed by atoms with Crippen LogP contribution in [-0.4, -0.2) is 33.7 Å². The summed E-state index contributed by atoms with van der Waals surface area (Å²) in [6, 6.07) is 5.50. The standard InChI is InChI=1S/C23H26N4O5S/c24-14-18-7-8-21(32-18)27(17-9-11-31-12-10-17)33(29,30)26-23(28)25-22-19-5-1-3-15(19)13-16-4-2-6-20(16)22/h7-8,13,17H,1-6,9-12H2,(H2,25,26,28)/p-1. The van der Waals surface area contributed by atoms with E-state index >= 15 is 0 Å². The maximum Gasteiger partial charge on any atom is 0.348 e. The molecular weight excluding hydrogens is 444 g/mol. The second kappa shape index (κ2) is 8.72. The lowest BCUT2D eigenvalue weighted by Crippen LogP contribution is -2.44. The first kappa shape index (κ1) is 21.8. The predicted molar refractivity (Wildman–Crippen MR) is 120 cm³/mol. The fraction of sp³-hybridized carbons (Fsp3) is 0.478. The number of amidine groups is 1. The summed E-state index contributed by atoms with van der Waals surface area (Å²) < 4.78 is 42.0. The second-order valence-electron chi connectivity index (χ2n) is 8.62. The van der Waals surface area contributed by atoms with Gasteiger partial charge in [-0.3, -0.25) is 0 Å². The van der Waals surface area contributed by atoms with E-state index in [0.717, 1.165) is 59.6 Å². The number of furan rings is 1. The lowest BCUT2D eigenvalue weighted by molar-refractivity contribution is -0.213. The highest BCUT2D eigenvalue weighted by atomic mass is 32.2. The number of fused-ring (bicyclic) bond motifs is 2. The van der Waals surface area contributed by atoms with E-state index in [1.165, 1.54) is 23.3 Å². The van der Waals surface area contributed by atoms with Crippen LogP contribution in [0.2, 0.25) is 0 Å². The van der Waals surface area contributed by atoms with Gasteiger partial charge in [0.1, 0.15) is 6.07 Å². The Hall–Kier alpha value is -3.03. The van der Waals surface area contributed by atoms with E-state index in [2.05, 4.69) is 15.8 Å². The van der Waals surface area contributed by atoms with Crippen molar-refractivity contribution in [3.8, 4) is 6.07 Å². The Balaban J connectivity index is 1.48. The number of hydrogen-bond acceptors (Lipinski definition) is 6. The summed E-state index contributed by atoms with van der Waals surface area (Å²) in [6.07, 6.45) is 6.57. The molecule has 1 aliphatic heterocycles. The van der Waals surface area contributed by atoms with Gasteiger partial charge in [-0.1, -0.05) is 6.07 Å². The number of rotatable bonds is 5. The van der Waals surface area contributed by atoms with Crippen molar-refractivity contribution in [3.05, 3.63) is 46.2 Å². The van der Waals surface area contributed by atoms with E-state index in [0.29, 0.717) is 26.1 Å². The summed E-state index contributed by atoms with van der Waals surface area (Å²) in [5.41, 5.74) is 5.41. The molecule has 1 saturated heterocycles. The molecule has 2 aliphatic carbocycles. The molecule has 0 bridgehead atoms. The van der Waals surface area contributed by atoms with E-state index in [1.54, 1.807) is 0 Å². The first-order valence-corrected chi connectivity index (χ1v) is 12.7. The highest BCUT2D eigenvalue weighted by Crippen LogP contribution is 2.38. The molecule has 5 rings (SSSR count). The highest BCUT2D eigenvalue weighted by Gasteiger charge is 2.34. The van der Waals surface area contributed by atoms with E-state index in [4.69, 9.17) is 14.4 Å². The first-order chi connectivity index (χ1) is 16.0. The summed E-state index contributed by atoms with van der Waals surface area (Å²) in [6.45, 7) is 0.772. The molecule has 1 fully saturated rings. The molecule has 1 N–H and O–H groups in total. The lowest BCUT2D eigenvalue weighted by atomic mass is 9.99. The fourth-order valence-electron chi connectivity index (χ4n) is 5.15.